The van der Waals surface area contributed by atoms with Crippen molar-refractivity contribution < 1.29 is 83.2 Å². The summed E-state index contributed by atoms with van der Waals surface area (Å²) in [6, 6.07) is 8.71. The highest BCUT2D eigenvalue weighted by Gasteiger charge is 2.67. The maximum atomic E-state index is 15.0. The van der Waals surface area contributed by atoms with Crippen LogP contribution in [-0.2, 0) is 43.6 Å². The lowest BCUT2D eigenvalue weighted by molar-refractivity contribution is -0.306. The molecule has 8 N–H and O–H groups in total. The summed E-state index contributed by atoms with van der Waals surface area (Å²) in [5, 5.41) is 92.2. The second-order valence-corrected chi connectivity index (χ2v) is 21.1. The Labute approximate surface area is 412 Å². The van der Waals surface area contributed by atoms with Gasteiger partial charge in [-0.2, -0.15) is 0 Å². The van der Waals surface area contributed by atoms with Crippen LogP contribution in [0.15, 0.2) is 50.6 Å². The topological polar surface area (TPSA) is 286 Å². The number of phenols is 2. The Bertz CT molecular complexity index is 2990. The van der Waals surface area contributed by atoms with Gasteiger partial charge in [0, 0.05) is 83.3 Å². The van der Waals surface area contributed by atoms with Crippen molar-refractivity contribution in [2.45, 2.75) is 189 Å². The van der Waals surface area contributed by atoms with E-state index in [0.717, 1.165) is 0 Å². The van der Waals surface area contributed by atoms with E-state index in [0.29, 0.717) is 29.7 Å². The van der Waals surface area contributed by atoms with Crippen LogP contribution in [0.4, 0.5) is 5.69 Å². The number of benzene rings is 3. The maximum Gasteiger partial charge on any atom is 0.344 e. The van der Waals surface area contributed by atoms with Gasteiger partial charge in [-0.15, -0.1) is 0 Å². The van der Waals surface area contributed by atoms with E-state index in [1.165, 1.54) is 25.3 Å². The number of aliphatic hydroxyl groups is 6. The third-order valence-electron chi connectivity index (χ3n) is 15.9. The molecule has 19 heteroatoms. The van der Waals surface area contributed by atoms with Crippen LogP contribution >= 0.6 is 0 Å². The van der Waals surface area contributed by atoms with E-state index in [2.05, 4.69) is 4.99 Å². The van der Waals surface area contributed by atoms with E-state index in [4.69, 9.17) is 37.6 Å². The molecular formula is C53H61NO18. The number of fused-ring (bicyclic) bond motifs is 5. The first kappa shape index (κ1) is 49.5. The second kappa shape index (κ2) is 18.0. The van der Waals surface area contributed by atoms with E-state index >= 15 is 9.59 Å². The Morgan fingerprint density at radius 2 is 1.46 bits per heavy atom. The van der Waals surface area contributed by atoms with E-state index in [1.807, 2.05) is 6.92 Å². The molecule has 3 aromatic carbocycles. The molecule has 6 heterocycles. The van der Waals surface area contributed by atoms with Gasteiger partial charge in [-0.25, -0.2) is 4.79 Å². The van der Waals surface area contributed by atoms with Crippen molar-refractivity contribution in [2.75, 3.05) is 0 Å². The number of ether oxygens (including phenoxy) is 7. The van der Waals surface area contributed by atoms with Crippen LogP contribution in [0.3, 0.4) is 0 Å². The molecule has 0 amide bonds. The number of Topliss-reactive ketones (excluding diaryl/α,β-unsaturated/α-hetero) is 1. The molecule has 4 saturated heterocycles. The zero-order chi connectivity index (χ0) is 50.9. The number of nitrogens with zero attached hydrogens (tertiary/aromatic N) is 1. The zero-order valence-corrected chi connectivity index (χ0v) is 40.5. The van der Waals surface area contributed by atoms with Gasteiger partial charge in [-0.05, 0) is 65.7 Å². The molecule has 5 aliphatic heterocycles. The van der Waals surface area contributed by atoms with Crippen molar-refractivity contribution in [2.24, 2.45) is 4.99 Å². The number of phenolic OH excluding ortho intramolecular Hbond substituents is 2. The summed E-state index contributed by atoms with van der Waals surface area (Å²) in [7, 11) is 0. The molecule has 17 atom stereocenters. The van der Waals surface area contributed by atoms with Crippen LogP contribution in [0.5, 0.6) is 11.5 Å². The number of rotatable bonds is 7. The highest BCUT2D eigenvalue weighted by molar-refractivity contribution is 6.22. The van der Waals surface area contributed by atoms with E-state index < -0.39 is 139 Å². The number of carbonyl (C=O) groups excluding carboxylic acids is 1. The average Bonchev–Trinajstić information content (AvgIpc) is 3.74. The van der Waals surface area contributed by atoms with Crippen LogP contribution in [0, 0.1) is 0 Å². The normalized spacial score (nSPS) is 40.6. The first-order chi connectivity index (χ1) is 34.2. The molecule has 0 radical (unpaired) electrons. The fourth-order valence-corrected chi connectivity index (χ4v) is 12.2. The number of ketones is 1. The number of para-hydroxylation sites is 1. The summed E-state index contributed by atoms with van der Waals surface area (Å²) in [6.07, 6.45) is -7.44. The lowest BCUT2D eigenvalue weighted by atomic mass is 9.59. The number of aliphatic imine (C=N–C) groups is 1. The van der Waals surface area contributed by atoms with Crippen molar-refractivity contribution in [1.29, 1.82) is 0 Å². The number of aliphatic hydroxyl groups excluding tert-OH is 4. The van der Waals surface area contributed by atoms with Crippen molar-refractivity contribution in [1.82, 2.24) is 0 Å². The molecule has 5 fully saturated rings. The quantitative estimate of drug-likeness (QED) is 0.123. The van der Waals surface area contributed by atoms with Crippen LogP contribution in [0.2, 0.25) is 0 Å². The lowest BCUT2D eigenvalue weighted by Crippen LogP contribution is -2.67. The molecule has 386 valence electrons. The van der Waals surface area contributed by atoms with Crippen LogP contribution < -0.4 is 10.8 Å². The average molecular weight is 1000 g/mol. The number of carbonyl (C=O) groups is 1. The maximum absolute atomic E-state index is 15.0. The number of hydrogen-bond donors (Lipinski definition) is 8. The zero-order valence-electron chi connectivity index (χ0n) is 40.5. The fourth-order valence-electron chi connectivity index (χ4n) is 12.2. The largest absolute Gasteiger partial charge is 0.507 e. The molecule has 0 spiro atoms. The summed E-state index contributed by atoms with van der Waals surface area (Å²) < 4.78 is 50.3. The van der Waals surface area contributed by atoms with Gasteiger partial charge in [0.05, 0.1) is 76.8 Å². The molecule has 1 unspecified atom stereocenters. The molecule has 7 aliphatic rings. The molecule has 0 bridgehead atoms. The molecule has 1 aromatic heterocycles. The van der Waals surface area contributed by atoms with Crippen molar-refractivity contribution in [3.63, 3.8) is 0 Å². The van der Waals surface area contributed by atoms with Gasteiger partial charge in [-0.3, -0.25) is 9.79 Å². The summed E-state index contributed by atoms with van der Waals surface area (Å²) in [5.74, 6) is -1.82. The van der Waals surface area contributed by atoms with Crippen molar-refractivity contribution >= 4 is 51.1 Å². The SMILES string of the molecule is C[C@@H]1O[C@@H](O[C@@H]2CC(c3cc4c(=C5C=Nc6ccccc65)c(=O)oc5c6c(c(O)c(c3O)c54)C=C[C@]3(O)C[C@@](C)(O)CC(=O)[C@]63O[C@H]3CC[C@H](O)[C@H](C)O3)O[C@H](C)[C@H]2O)CC[C@@H]1O[C@H]1C[C@@H](O)[C@H](O)[C@@H](C)O1. The Balaban J connectivity index is 1.03. The lowest BCUT2D eigenvalue weighted by Gasteiger charge is -2.54. The minimum atomic E-state index is -2.47. The van der Waals surface area contributed by atoms with Gasteiger partial charge >= 0.3 is 5.63 Å². The molecule has 4 aromatic rings. The van der Waals surface area contributed by atoms with Gasteiger partial charge in [-0.1, -0.05) is 24.3 Å². The Morgan fingerprint density at radius 3 is 2.21 bits per heavy atom. The summed E-state index contributed by atoms with van der Waals surface area (Å²) in [6.45, 7) is 8.19. The second-order valence-electron chi connectivity index (χ2n) is 21.1. The highest BCUT2D eigenvalue weighted by atomic mass is 16.7. The van der Waals surface area contributed by atoms with E-state index in [1.54, 1.807) is 51.1 Å². The number of hydrogen-bond acceptors (Lipinski definition) is 19. The summed E-state index contributed by atoms with van der Waals surface area (Å²) in [4.78, 5) is 34.6. The predicted octanol–water partition coefficient (Wildman–Crippen LogP) is 3.32. The van der Waals surface area contributed by atoms with Crippen LogP contribution in [0.1, 0.15) is 114 Å². The Morgan fingerprint density at radius 1 is 0.750 bits per heavy atom. The monoisotopic (exact) mass is 999 g/mol. The van der Waals surface area contributed by atoms with Crippen molar-refractivity contribution in [3.05, 3.63) is 74.3 Å². The molecular weight excluding hydrogens is 939 g/mol. The van der Waals surface area contributed by atoms with Gasteiger partial charge in [0.15, 0.2) is 30.3 Å². The summed E-state index contributed by atoms with van der Waals surface area (Å²) >= 11 is 0. The molecule has 1 saturated carbocycles. The molecule has 19 nitrogen and oxygen atoms in total. The Kier molecular flexibility index (Phi) is 12.4. The highest BCUT2D eigenvalue weighted by Crippen LogP contribution is 2.59. The predicted molar refractivity (Wildman–Crippen MR) is 255 cm³/mol. The van der Waals surface area contributed by atoms with E-state index in [-0.39, 0.29) is 69.3 Å². The van der Waals surface area contributed by atoms with Gasteiger partial charge in [0.25, 0.3) is 0 Å². The first-order valence-corrected chi connectivity index (χ1v) is 24.9. The number of aromatic hydroxyl groups is 2. The van der Waals surface area contributed by atoms with Gasteiger partial charge in [0.1, 0.15) is 34.9 Å². The third-order valence-corrected chi connectivity index (χ3v) is 15.9. The summed E-state index contributed by atoms with van der Waals surface area (Å²) in [5.41, 5.74) is -6.35. The molecule has 2 aliphatic carbocycles. The van der Waals surface area contributed by atoms with E-state index in [9.17, 15) is 40.9 Å². The minimum Gasteiger partial charge on any atom is -0.507 e. The molecule has 72 heavy (non-hydrogen) atoms. The van der Waals surface area contributed by atoms with Crippen molar-refractivity contribution in [3.8, 4) is 11.5 Å². The smallest absolute Gasteiger partial charge is 0.344 e. The van der Waals surface area contributed by atoms with Gasteiger partial charge < -0.3 is 78.4 Å². The molecule has 11 rings (SSSR count). The third kappa shape index (κ3) is 7.95. The fraction of sp³-hybridized carbons (Fsp3) is 0.566. The minimum absolute atomic E-state index is 0.00308. The standard InChI is InChI=1S/C53H61NO18/c1-22-32(55)10-12-39(66-22)72-53-37(57)19-51(5,63)21-52(53,64)15-14-27-44(53)49-42-29(41(50(62)71-49)30-20-54-31-9-7-6-8-26(30)31)16-28(48(61)43(42)47(27)60)35-18-36(46(59)25(4)65-35)70-38-13-11-34(23(2)67-38)69-40-17-33(56)45(58)24(3)68-40/h6-9,14-16,20,22-25,32-36,38-40,45-46,55-56,58-61,63-64H,10-13,17-19,21H2,1-5H3/t22-,23-,24+,25+,32-,33+,34-,35?,36+,38-,39-,40-,45+,46+,51-,52-,53-/m0/s1. The van der Waals surface area contributed by atoms with Gasteiger partial charge in [0.2, 0.25) is 0 Å². The van der Waals surface area contributed by atoms with Crippen LogP contribution in [-0.4, -0.2) is 144 Å². The van der Waals surface area contributed by atoms with Crippen LogP contribution in [0.25, 0.3) is 33.4 Å². The Hall–Kier alpha value is -4.71. The first-order valence-electron chi connectivity index (χ1n) is 24.9.